The molecule has 0 bridgehead atoms. The fraction of sp³-hybridized carbons (Fsp3) is 0.286. The van der Waals surface area contributed by atoms with Gasteiger partial charge in [0.1, 0.15) is 24.3 Å². The summed E-state index contributed by atoms with van der Waals surface area (Å²) in [6, 6.07) is 11.8. The second-order valence-electron chi connectivity index (χ2n) is 6.88. The second-order valence-corrected chi connectivity index (χ2v) is 6.88. The molecule has 1 unspecified atom stereocenters. The Balaban J connectivity index is 1.34. The van der Waals surface area contributed by atoms with E-state index in [1.165, 1.54) is 12.3 Å². The molecule has 0 aromatic heterocycles. The normalized spacial score (nSPS) is 20.3. The third kappa shape index (κ3) is 3.99. The van der Waals surface area contributed by atoms with Crippen LogP contribution in [0, 0.1) is 5.82 Å². The van der Waals surface area contributed by atoms with Crippen LogP contribution in [0.4, 0.5) is 20.2 Å². The maximum Gasteiger partial charge on any atom is 0.257 e. The van der Waals surface area contributed by atoms with E-state index in [4.69, 9.17) is 4.74 Å². The Hall–Kier alpha value is -2.93. The van der Waals surface area contributed by atoms with Crippen LogP contribution in [0.15, 0.2) is 48.7 Å². The number of hydrogen-bond donors (Lipinski definition) is 2. The summed E-state index contributed by atoms with van der Waals surface area (Å²) in [5, 5.41) is 5.67. The van der Waals surface area contributed by atoms with Gasteiger partial charge in [-0.1, -0.05) is 6.07 Å². The lowest BCUT2D eigenvalue weighted by atomic mass is 10.1. The van der Waals surface area contributed by atoms with Crippen LogP contribution in [0.25, 0.3) is 5.57 Å². The minimum absolute atomic E-state index is 0.255. The first-order chi connectivity index (χ1) is 13.6. The zero-order valence-electron chi connectivity index (χ0n) is 15.3. The quantitative estimate of drug-likeness (QED) is 0.746. The Kier molecular flexibility index (Phi) is 5.25. The van der Waals surface area contributed by atoms with Gasteiger partial charge in [0.25, 0.3) is 5.91 Å². The van der Waals surface area contributed by atoms with Gasteiger partial charge < -0.3 is 15.4 Å². The Morgan fingerprint density at radius 2 is 2.07 bits per heavy atom. The highest BCUT2D eigenvalue weighted by Crippen LogP contribution is 2.33. The van der Waals surface area contributed by atoms with E-state index in [2.05, 4.69) is 15.5 Å². The average molecular weight is 385 g/mol. The molecule has 0 radical (unpaired) electrons. The van der Waals surface area contributed by atoms with Crippen LogP contribution in [0.1, 0.15) is 12.0 Å². The van der Waals surface area contributed by atoms with Crippen molar-refractivity contribution in [3.8, 4) is 5.75 Å². The first kappa shape index (κ1) is 18.4. The summed E-state index contributed by atoms with van der Waals surface area (Å²) in [5.74, 6) is -0.0704. The lowest BCUT2D eigenvalue weighted by Crippen LogP contribution is -2.26. The molecule has 28 heavy (non-hydrogen) atoms. The SMILES string of the molecule is O=C1Nc2cccc(F)c2/C1=C\Nc1ccc(OCCN2CCC(F)C2)cc1. The minimum Gasteiger partial charge on any atom is -0.492 e. The van der Waals surface area contributed by atoms with E-state index in [-0.39, 0.29) is 17.0 Å². The molecule has 146 valence electrons. The molecule has 1 fully saturated rings. The molecule has 2 aromatic rings. The van der Waals surface area contributed by atoms with Crippen molar-refractivity contribution in [1.82, 2.24) is 4.90 Å². The molecule has 0 spiro atoms. The van der Waals surface area contributed by atoms with E-state index in [9.17, 15) is 13.6 Å². The zero-order valence-corrected chi connectivity index (χ0v) is 15.3. The minimum atomic E-state index is -0.720. The summed E-state index contributed by atoms with van der Waals surface area (Å²) < 4.78 is 32.9. The molecule has 1 saturated heterocycles. The van der Waals surface area contributed by atoms with Crippen LogP contribution in [0.2, 0.25) is 0 Å². The van der Waals surface area contributed by atoms with Gasteiger partial charge in [-0.3, -0.25) is 9.69 Å². The molecule has 2 aromatic carbocycles. The number of hydrogen-bond acceptors (Lipinski definition) is 4. The number of halogens is 2. The van der Waals surface area contributed by atoms with Gasteiger partial charge in [-0.05, 0) is 42.8 Å². The van der Waals surface area contributed by atoms with E-state index >= 15 is 0 Å². The number of nitrogens with one attached hydrogen (secondary N) is 2. The maximum atomic E-state index is 14.0. The lowest BCUT2D eigenvalue weighted by molar-refractivity contribution is -0.110. The van der Waals surface area contributed by atoms with Gasteiger partial charge in [0.2, 0.25) is 0 Å². The second kappa shape index (κ2) is 7.98. The molecule has 0 saturated carbocycles. The molecule has 2 aliphatic rings. The van der Waals surface area contributed by atoms with E-state index in [1.54, 1.807) is 12.1 Å². The Morgan fingerprint density at radius 3 is 2.82 bits per heavy atom. The van der Waals surface area contributed by atoms with Crippen molar-refractivity contribution in [2.45, 2.75) is 12.6 Å². The van der Waals surface area contributed by atoms with Gasteiger partial charge >= 0.3 is 0 Å². The summed E-state index contributed by atoms with van der Waals surface area (Å²) in [6.07, 6.45) is 1.38. The average Bonchev–Trinajstić information content (AvgIpc) is 3.24. The van der Waals surface area contributed by atoms with Crippen LogP contribution in [-0.2, 0) is 4.79 Å². The largest absolute Gasteiger partial charge is 0.492 e. The number of rotatable bonds is 6. The molecule has 1 amide bonds. The molecule has 2 aliphatic heterocycles. The van der Waals surface area contributed by atoms with Gasteiger partial charge in [-0.15, -0.1) is 0 Å². The molecular weight excluding hydrogens is 364 g/mol. The Labute approximate surface area is 162 Å². The van der Waals surface area contributed by atoms with Crippen molar-refractivity contribution in [2.24, 2.45) is 0 Å². The number of benzene rings is 2. The van der Waals surface area contributed by atoms with E-state index < -0.39 is 12.0 Å². The standard InChI is InChI=1S/C21H21F2N3O2/c22-14-8-9-26(13-14)10-11-28-16-6-4-15(5-7-16)24-12-17-20-18(23)2-1-3-19(20)25-21(17)27/h1-7,12,14,24H,8-11,13H2,(H,25,27)/b17-12+. The predicted molar refractivity (Wildman–Crippen MR) is 105 cm³/mol. The number of amides is 1. The number of anilines is 2. The van der Waals surface area contributed by atoms with Crippen molar-refractivity contribution in [3.63, 3.8) is 0 Å². The number of nitrogens with zero attached hydrogens (tertiary/aromatic N) is 1. The Morgan fingerprint density at radius 1 is 1.25 bits per heavy atom. The summed E-state index contributed by atoms with van der Waals surface area (Å²) in [5.41, 5.74) is 1.75. The predicted octanol–water partition coefficient (Wildman–Crippen LogP) is 3.65. The maximum absolute atomic E-state index is 14.0. The topological polar surface area (TPSA) is 53.6 Å². The summed E-state index contributed by atoms with van der Waals surface area (Å²) >= 11 is 0. The van der Waals surface area contributed by atoms with Crippen LogP contribution in [0.5, 0.6) is 5.75 Å². The van der Waals surface area contributed by atoms with E-state index in [0.29, 0.717) is 37.6 Å². The van der Waals surface area contributed by atoms with Crippen molar-refractivity contribution in [1.29, 1.82) is 0 Å². The van der Waals surface area contributed by atoms with Crippen molar-refractivity contribution in [2.75, 3.05) is 36.9 Å². The van der Waals surface area contributed by atoms with Gasteiger partial charge in [0.15, 0.2) is 0 Å². The monoisotopic (exact) mass is 385 g/mol. The third-order valence-electron chi connectivity index (χ3n) is 4.90. The fourth-order valence-electron chi connectivity index (χ4n) is 3.43. The van der Waals surface area contributed by atoms with Crippen molar-refractivity contribution < 1.29 is 18.3 Å². The summed E-state index contributed by atoms with van der Waals surface area (Å²) in [7, 11) is 0. The molecule has 4 rings (SSSR count). The van der Waals surface area contributed by atoms with Crippen molar-refractivity contribution >= 4 is 22.9 Å². The van der Waals surface area contributed by atoms with Gasteiger partial charge in [-0.25, -0.2) is 8.78 Å². The molecule has 7 heteroatoms. The van der Waals surface area contributed by atoms with Gasteiger partial charge in [0.05, 0.1) is 11.3 Å². The number of likely N-dealkylation sites (tertiary alicyclic amines) is 1. The molecule has 0 aliphatic carbocycles. The number of fused-ring (bicyclic) bond motifs is 1. The molecule has 2 heterocycles. The van der Waals surface area contributed by atoms with Crippen molar-refractivity contribution in [3.05, 3.63) is 60.0 Å². The third-order valence-corrected chi connectivity index (χ3v) is 4.90. The highest BCUT2D eigenvalue weighted by molar-refractivity contribution is 6.31. The Bertz CT molecular complexity index is 899. The van der Waals surface area contributed by atoms with Crippen LogP contribution in [-0.4, -0.2) is 43.2 Å². The highest BCUT2D eigenvalue weighted by atomic mass is 19.1. The smallest absolute Gasteiger partial charge is 0.257 e. The van der Waals surface area contributed by atoms with E-state index in [0.717, 1.165) is 12.2 Å². The number of alkyl halides is 1. The molecule has 5 nitrogen and oxygen atoms in total. The van der Waals surface area contributed by atoms with Crippen LogP contribution < -0.4 is 15.4 Å². The number of ether oxygens (including phenoxy) is 1. The number of carbonyl (C=O) groups excluding carboxylic acids is 1. The summed E-state index contributed by atoms with van der Waals surface area (Å²) in [6.45, 7) is 2.46. The van der Waals surface area contributed by atoms with Crippen LogP contribution in [0.3, 0.4) is 0 Å². The highest BCUT2D eigenvalue weighted by Gasteiger charge is 2.27. The van der Waals surface area contributed by atoms with Crippen LogP contribution >= 0.6 is 0 Å². The van der Waals surface area contributed by atoms with E-state index in [1.807, 2.05) is 24.3 Å². The lowest BCUT2D eigenvalue weighted by Gasteiger charge is -2.15. The van der Waals surface area contributed by atoms with Gasteiger partial charge in [-0.2, -0.15) is 0 Å². The first-order valence-electron chi connectivity index (χ1n) is 9.26. The summed E-state index contributed by atoms with van der Waals surface area (Å²) in [4.78, 5) is 14.1. The number of carbonyl (C=O) groups is 1. The molecule has 1 atom stereocenters. The fourth-order valence-corrected chi connectivity index (χ4v) is 3.43. The molecular formula is C21H21F2N3O2. The molecule has 2 N–H and O–H groups in total. The van der Waals surface area contributed by atoms with Gasteiger partial charge in [0, 0.05) is 37.1 Å². The first-order valence-corrected chi connectivity index (χ1v) is 9.26. The zero-order chi connectivity index (χ0) is 19.5.